The van der Waals surface area contributed by atoms with Crippen molar-refractivity contribution in [2.45, 2.75) is 25.6 Å². The zero-order valence-corrected chi connectivity index (χ0v) is 18.5. The standard InChI is InChI=1S/C25H27N3O2S/c1-18-11-12-21(31-18)17-27-15-20(16-27)28-24(19-7-3-2-4-8-19)22-9-5-6-10-23(22)30-14-13-26-25(28)29/h2-12,20,24H,13-17H2,1H3,(H,26,29). The minimum absolute atomic E-state index is 0.0224. The van der Waals surface area contributed by atoms with E-state index in [-0.39, 0.29) is 18.1 Å². The highest BCUT2D eigenvalue weighted by atomic mass is 32.1. The molecule has 5 nitrogen and oxygen atoms in total. The number of carbonyl (C=O) groups is 1. The lowest BCUT2D eigenvalue weighted by molar-refractivity contribution is 0.0354. The lowest BCUT2D eigenvalue weighted by atomic mass is 9.93. The number of hydrogen-bond donors (Lipinski definition) is 1. The van der Waals surface area contributed by atoms with Crippen molar-refractivity contribution in [2.75, 3.05) is 26.2 Å². The highest BCUT2D eigenvalue weighted by Crippen LogP contribution is 2.38. The average Bonchev–Trinajstić information content (AvgIpc) is 3.19. The van der Waals surface area contributed by atoms with Crippen molar-refractivity contribution in [3.63, 3.8) is 0 Å². The summed E-state index contributed by atoms with van der Waals surface area (Å²) < 4.78 is 6.04. The number of ether oxygens (including phenoxy) is 1. The molecular weight excluding hydrogens is 406 g/mol. The lowest BCUT2D eigenvalue weighted by Gasteiger charge is -2.48. The normalized spacial score (nSPS) is 20.0. The van der Waals surface area contributed by atoms with E-state index in [1.54, 1.807) is 0 Å². The van der Waals surface area contributed by atoms with Crippen molar-refractivity contribution in [2.24, 2.45) is 0 Å². The molecule has 2 amide bonds. The quantitative estimate of drug-likeness (QED) is 0.662. The maximum Gasteiger partial charge on any atom is 0.318 e. The molecule has 0 radical (unpaired) electrons. The fourth-order valence-corrected chi connectivity index (χ4v) is 5.44. The average molecular weight is 434 g/mol. The van der Waals surface area contributed by atoms with Crippen molar-refractivity contribution in [3.8, 4) is 5.75 Å². The van der Waals surface area contributed by atoms with Crippen LogP contribution >= 0.6 is 11.3 Å². The fourth-order valence-electron chi connectivity index (χ4n) is 4.51. The molecule has 3 aromatic rings. The van der Waals surface area contributed by atoms with Gasteiger partial charge in [-0.3, -0.25) is 4.90 Å². The summed E-state index contributed by atoms with van der Waals surface area (Å²) in [6.45, 7) is 5.79. The van der Waals surface area contributed by atoms with Gasteiger partial charge in [-0.1, -0.05) is 48.5 Å². The first-order chi connectivity index (χ1) is 15.2. The molecule has 1 fully saturated rings. The van der Waals surface area contributed by atoms with Crippen LogP contribution in [-0.2, 0) is 6.54 Å². The van der Waals surface area contributed by atoms with E-state index in [4.69, 9.17) is 4.74 Å². The molecule has 0 aliphatic carbocycles. The van der Waals surface area contributed by atoms with E-state index in [9.17, 15) is 4.79 Å². The molecule has 0 spiro atoms. The van der Waals surface area contributed by atoms with E-state index >= 15 is 0 Å². The van der Waals surface area contributed by atoms with Crippen LogP contribution in [0.2, 0.25) is 0 Å². The highest BCUT2D eigenvalue weighted by molar-refractivity contribution is 7.11. The molecular formula is C25H27N3O2S. The molecule has 6 heteroatoms. The number of benzene rings is 2. The molecule has 2 aromatic carbocycles. The van der Waals surface area contributed by atoms with Crippen molar-refractivity contribution in [1.82, 2.24) is 15.1 Å². The molecule has 5 rings (SSSR count). The van der Waals surface area contributed by atoms with Crippen LogP contribution in [0, 0.1) is 6.92 Å². The Bertz CT molecular complexity index is 1050. The summed E-state index contributed by atoms with van der Waals surface area (Å²) in [6.07, 6.45) is 0. The van der Waals surface area contributed by atoms with E-state index in [2.05, 4.69) is 47.5 Å². The predicted octanol–water partition coefficient (Wildman–Crippen LogP) is 4.43. The minimum atomic E-state index is -0.188. The Kier molecular flexibility index (Phi) is 5.66. The van der Waals surface area contributed by atoms with Crippen molar-refractivity contribution >= 4 is 17.4 Å². The number of carbonyl (C=O) groups excluding carboxylic acids is 1. The number of nitrogens with one attached hydrogen (secondary N) is 1. The van der Waals surface area contributed by atoms with Gasteiger partial charge in [0.2, 0.25) is 0 Å². The number of para-hydroxylation sites is 1. The van der Waals surface area contributed by atoms with Gasteiger partial charge in [0.1, 0.15) is 12.4 Å². The van der Waals surface area contributed by atoms with Crippen LogP contribution in [0.1, 0.15) is 26.9 Å². The van der Waals surface area contributed by atoms with Gasteiger partial charge in [0.25, 0.3) is 0 Å². The Balaban J connectivity index is 1.46. The number of urea groups is 1. The van der Waals surface area contributed by atoms with Gasteiger partial charge in [-0.25, -0.2) is 4.79 Å². The monoisotopic (exact) mass is 433 g/mol. The molecule has 1 atom stereocenters. The Labute approximate surface area is 187 Å². The van der Waals surface area contributed by atoms with Gasteiger partial charge in [-0.05, 0) is 30.7 Å². The van der Waals surface area contributed by atoms with E-state index in [1.165, 1.54) is 9.75 Å². The van der Waals surface area contributed by atoms with Crippen LogP contribution in [0.4, 0.5) is 4.79 Å². The van der Waals surface area contributed by atoms with Crippen molar-refractivity contribution in [3.05, 3.63) is 87.6 Å². The molecule has 2 aliphatic rings. The van der Waals surface area contributed by atoms with Crippen molar-refractivity contribution < 1.29 is 9.53 Å². The van der Waals surface area contributed by atoms with Crippen LogP contribution in [0.25, 0.3) is 0 Å². The minimum Gasteiger partial charge on any atom is -0.491 e. The number of hydrogen-bond acceptors (Lipinski definition) is 4. The van der Waals surface area contributed by atoms with E-state index in [0.717, 1.165) is 36.5 Å². The van der Waals surface area contributed by atoms with E-state index < -0.39 is 0 Å². The van der Waals surface area contributed by atoms with E-state index in [1.807, 2.05) is 52.6 Å². The smallest absolute Gasteiger partial charge is 0.318 e. The third-order valence-electron chi connectivity index (χ3n) is 5.98. The first-order valence-electron chi connectivity index (χ1n) is 10.8. The number of nitrogens with zero attached hydrogens (tertiary/aromatic N) is 2. The Hall–Kier alpha value is -2.83. The SMILES string of the molecule is Cc1ccc(CN2CC(N3C(=O)NCCOc4ccccc4C3c3ccccc3)C2)s1. The van der Waals surface area contributed by atoms with Gasteiger partial charge in [-0.15, -0.1) is 11.3 Å². The summed E-state index contributed by atoms with van der Waals surface area (Å²) in [6, 6.07) is 22.7. The second kappa shape index (κ2) is 8.73. The molecule has 0 saturated carbocycles. The van der Waals surface area contributed by atoms with Crippen LogP contribution < -0.4 is 10.1 Å². The number of amides is 2. The molecule has 0 bridgehead atoms. The lowest BCUT2D eigenvalue weighted by Crippen LogP contribution is -2.62. The van der Waals surface area contributed by atoms with Crippen molar-refractivity contribution in [1.29, 1.82) is 0 Å². The van der Waals surface area contributed by atoms with Gasteiger partial charge < -0.3 is 15.0 Å². The summed E-state index contributed by atoms with van der Waals surface area (Å²) >= 11 is 1.85. The van der Waals surface area contributed by atoms with Gasteiger partial charge in [0, 0.05) is 35.0 Å². The molecule has 1 saturated heterocycles. The first kappa shape index (κ1) is 20.1. The zero-order chi connectivity index (χ0) is 21.2. The van der Waals surface area contributed by atoms with Gasteiger partial charge >= 0.3 is 6.03 Å². The zero-order valence-electron chi connectivity index (χ0n) is 17.7. The number of aryl methyl sites for hydroxylation is 1. The summed E-state index contributed by atoms with van der Waals surface area (Å²) in [7, 11) is 0. The number of likely N-dealkylation sites (tertiary alicyclic amines) is 1. The topological polar surface area (TPSA) is 44.8 Å². The third kappa shape index (κ3) is 4.18. The van der Waals surface area contributed by atoms with Crippen LogP contribution in [-0.4, -0.2) is 48.1 Å². The molecule has 160 valence electrons. The number of thiophene rings is 1. The van der Waals surface area contributed by atoms with Gasteiger partial charge in [-0.2, -0.15) is 0 Å². The Morgan fingerprint density at radius 3 is 2.58 bits per heavy atom. The van der Waals surface area contributed by atoms with Gasteiger partial charge in [0.15, 0.2) is 0 Å². The summed E-state index contributed by atoms with van der Waals surface area (Å²) in [5.41, 5.74) is 2.14. The van der Waals surface area contributed by atoms with Crippen LogP contribution in [0.3, 0.4) is 0 Å². The Morgan fingerprint density at radius 1 is 1.03 bits per heavy atom. The second-order valence-corrected chi connectivity index (χ2v) is 9.57. The predicted molar refractivity (Wildman–Crippen MR) is 124 cm³/mol. The summed E-state index contributed by atoms with van der Waals surface area (Å²) in [4.78, 5) is 20.5. The number of fused-ring (bicyclic) bond motifs is 1. The van der Waals surface area contributed by atoms with Gasteiger partial charge in [0.05, 0.1) is 18.6 Å². The highest BCUT2D eigenvalue weighted by Gasteiger charge is 2.40. The van der Waals surface area contributed by atoms with Crippen LogP contribution in [0.5, 0.6) is 5.75 Å². The Morgan fingerprint density at radius 2 is 1.81 bits per heavy atom. The first-order valence-corrected chi connectivity index (χ1v) is 11.6. The maximum atomic E-state index is 13.4. The molecule has 1 aromatic heterocycles. The third-order valence-corrected chi connectivity index (χ3v) is 6.97. The second-order valence-electron chi connectivity index (χ2n) is 8.20. The largest absolute Gasteiger partial charge is 0.491 e. The summed E-state index contributed by atoms with van der Waals surface area (Å²) in [5.74, 6) is 0.850. The molecule has 1 unspecified atom stereocenters. The summed E-state index contributed by atoms with van der Waals surface area (Å²) in [5, 5.41) is 3.07. The maximum absolute atomic E-state index is 13.4. The molecule has 2 aliphatic heterocycles. The molecule has 1 N–H and O–H groups in total. The number of rotatable bonds is 4. The molecule has 3 heterocycles. The fraction of sp³-hybridized carbons (Fsp3) is 0.320. The van der Waals surface area contributed by atoms with Crippen LogP contribution in [0.15, 0.2) is 66.7 Å². The van der Waals surface area contributed by atoms with E-state index in [0.29, 0.717) is 13.2 Å². The molecule has 31 heavy (non-hydrogen) atoms.